The molecule has 2 unspecified atom stereocenters. The third-order valence-electron chi connectivity index (χ3n) is 5.19. The fraction of sp³-hybridized carbons (Fsp3) is 0.941. The van der Waals surface area contributed by atoms with E-state index >= 15 is 0 Å². The van der Waals surface area contributed by atoms with E-state index in [1.54, 1.807) is 0 Å². The summed E-state index contributed by atoms with van der Waals surface area (Å²) in [5.74, 6) is -0.0764. The lowest BCUT2D eigenvalue weighted by Crippen LogP contribution is -2.64. The van der Waals surface area contributed by atoms with Crippen molar-refractivity contribution in [1.82, 2.24) is 5.32 Å². The SMILES string of the molecule is CCOC(=O)CCCNC1CC(OCC)C12CCCCC2. The highest BCUT2D eigenvalue weighted by Crippen LogP contribution is 2.53. The normalized spacial score (nSPS) is 27.3. The third kappa shape index (κ3) is 3.98. The number of carbonyl (C=O) groups excluding carboxylic acids is 1. The molecule has 0 aromatic carbocycles. The second-order valence-electron chi connectivity index (χ2n) is 6.39. The van der Waals surface area contributed by atoms with E-state index in [-0.39, 0.29) is 5.97 Å². The van der Waals surface area contributed by atoms with Gasteiger partial charge in [-0.3, -0.25) is 4.79 Å². The smallest absolute Gasteiger partial charge is 0.305 e. The van der Waals surface area contributed by atoms with Gasteiger partial charge in [0.05, 0.1) is 12.7 Å². The number of ether oxygens (including phenoxy) is 2. The molecule has 4 heteroatoms. The first-order chi connectivity index (χ1) is 10.2. The maximum absolute atomic E-state index is 11.3. The van der Waals surface area contributed by atoms with Gasteiger partial charge in [0.2, 0.25) is 0 Å². The largest absolute Gasteiger partial charge is 0.466 e. The average molecular weight is 297 g/mol. The molecular weight excluding hydrogens is 266 g/mol. The van der Waals surface area contributed by atoms with Crippen LogP contribution in [0.3, 0.4) is 0 Å². The van der Waals surface area contributed by atoms with Crippen LogP contribution in [0.4, 0.5) is 0 Å². The average Bonchev–Trinajstić information content (AvgIpc) is 2.50. The zero-order chi connectivity index (χ0) is 15.1. The number of hydrogen-bond acceptors (Lipinski definition) is 4. The molecule has 2 rings (SSSR count). The molecule has 0 heterocycles. The van der Waals surface area contributed by atoms with Gasteiger partial charge in [-0.2, -0.15) is 0 Å². The second kappa shape index (κ2) is 8.14. The van der Waals surface area contributed by atoms with Gasteiger partial charge in [-0.05, 0) is 46.1 Å². The quantitative estimate of drug-likeness (QED) is 0.552. The Morgan fingerprint density at radius 3 is 2.62 bits per heavy atom. The van der Waals surface area contributed by atoms with Gasteiger partial charge in [-0.25, -0.2) is 0 Å². The molecule has 0 amide bonds. The fourth-order valence-electron chi connectivity index (χ4n) is 4.09. The van der Waals surface area contributed by atoms with Gasteiger partial charge in [-0.1, -0.05) is 19.3 Å². The summed E-state index contributed by atoms with van der Waals surface area (Å²) < 4.78 is 10.9. The molecule has 2 saturated carbocycles. The van der Waals surface area contributed by atoms with Crippen molar-refractivity contribution < 1.29 is 14.3 Å². The molecule has 2 aliphatic carbocycles. The molecule has 2 atom stereocenters. The van der Waals surface area contributed by atoms with Crippen LogP contribution < -0.4 is 5.32 Å². The molecule has 1 spiro atoms. The molecule has 2 aliphatic rings. The Bertz CT molecular complexity index is 326. The van der Waals surface area contributed by atoms with Crippen molar-refractivity contribution in [2.75, 3.05) is 19.8 Å². The van der Waals surface area contributed by atoms with Crippen molar-refractivity contribution in [2.45, 2.75) is 77.4 Å². The zero-order valence-corrected chi connectivity index (χ0v) is 13.7. The molecule has 0 saturated heterocycles. The molecule has 1 N–H and O–H groups in total. The summed E-state index contributed by atoms with van der Waals surface area (Å²) >= 11 is 0. The maximum Gasteiger partial charge on any atom is 0.305 e. The summed E-state index contributed by atoms with van der Waals surface area (Å²) in [4.78, 5) is 11.3. The summed E-state index contributed by atoms with van der Waals surface area (Å²) in [5, 5.41) is 3.68. The van der Waals surface area contributed by atoms with E-state index in [9.17, 15) is 4.79 Å². The highest BCUT2D eigenvalue weighted by molar-refractivity contribution is 5.69. The highest BCUT2D eigenvalue weighted by atomic mass is 16.5. The van der Waals surface area contributed by atoms with Gasteiger partial charge in [0.1, 0.15) is 0 Å². The lowest BCUT2D eigenvalue weighted by atomic mass is 9.55. The molecule has 0 bridgehead atoms. The Hall–Kier alpha value is -0.610. The molecule has 4 nitrogen and oxygen atoms in total. The van der Waals surface area contributed by atoms with Crippen molar-refractivity contribution in [1.29, 1.82) is 0 Å². The van der Waals surface area contributed by atoms with Gasteiger partial charge >= 0.3 is 5.97 Å². The number of esters is 1. The van der Waals surface area contributed by atoms with Crippen LogP contribution in [0.5, 0.6) is 0 Å². The van der Waals surface area contributed by atoms with E-state index in [2.05, 4.69) is 12.2 Å². The minimum atomic E-state index is -0.0764. The zero-order valence-electron chi connectivity index (χ0n) is 13.7. The lowest BCUT2D eigenvalue weighted by molar-refractivity contribution is -0.150. The molecule has 0 radical (unpaired) electrons. The monoisotopic (exact) mass is 297 g/mol. The molecule has 0 aromatic rings. The molecule has 0 aromatic heterocycles. The fourth-order valence-corrected chi connectivity index (χ4v) is 4.09. The number of nitrogens with one attached hydrogen (secondary N) is 1. The first kappa shape index (κ1) is 16.8. The van der Waals surface area contributed by atoms with Crippen LogP contribution in [0.2, 0.25) is 0 Å². The Morgan fingerprint density at radius 1 is 1.19 bits per heavy atom. The molecular formula is C17H31NO3. The van der Waals surface area contributed by atoms with Crippen LogP contribution in [0.25, 0.3) is 0 Å². The third-order valence-corrected chi connectivity index (χ3v) is 5.19. The maximum atomic E-state index is 11.3. The highest BCUT2D eigenvalue weighted by Gasteiger charge is 2.55. The minimum Gasteiger partial charge on any atom is -0.466 e. The van der Waals surface area contributed by atoms with Gasteiger partial charge < -0.3 is 14.8 Å². The van der Waals surface area contributed by atoms with Crippen molar-refractivity contribution in [3.05, 3.63) is 0 Å². The van der Waals surface area contributed by atoms with Crippen LogP contribution in [0.15, 0.2) is 0 Å². The molecule has 2 fully saturated rings. The van der Waals surface area contributed by atoms with E-state index in [0.29, 0.717) is 30.6 Å². The van der Waals surface area contributed by atoms with Crippen LogP contribution >= 0.6 is 0 Å². The summed E-state index contributed by atoms with van der Waals surface area (Å²) in [7, 11) is 0. The van der Waals surface area contributed by atoms with Gasteiger partial charge in [0.25, 0.3) is 0 Å². The van der Waals surface area contributed by atoms with Crippen molar-refractivity contribution >= 4 is 5.97 Å². The van der Waals surface area contributed by atoms with Crippen LogP contribution in [0.1, 0.15) is 65.2 Å². The van der Waals surface area contributed by atoms with E-state index in [1.807, 2.05) is 6.92 Å². The molecule has 0 aliphatic heterocycles. The van der Waals surface area contributed by atoms with Crippen molar-refractivity contribution in [3.8, 4) is 0 Å². The van der Waals surface area contributed by atoms with Crippen LogP contribution in [-0.4, -0.2) is 37.9 Å². The summed E-state index contributed by atoms with van der Waals surface area (Å²) in [6.45, 7) is 6.15. The Balaban J connectivity index is 1.74. The van der Waals surface area contributed by atoms with Crippen LogP contribution in [0, 0.1) is 5.41 Å². The standard InChI is InChI=1S/C17H31NO3/c1-3-20-15-13-14(17(15)10-6-5-7-11-17)18-12-8-9-16(19)21-4-2/h14-15,18H,3-13H2,1-2H3. The molecule has 122 valence electrons. The first-order valence-corrected chi connectivity index (χ1v) is 8.73. The summed E-state index contributed by atoms with van der Waals surface area (Å²) in [6, 6.07) is 0.580. The lowest BCUT2D eigenvalue weighted by Gasteiger charge is -2.58. The molecule has 21 heavy (non-hydrogen) atoms. The van der Waals surface area contributed by atoms with Gasteiger partial charge in [0.15, 0.2) is 0 Å². The van der Waals surface area contributed by atoms with Crippen molar-refractivity contribution in [3.63, 3.8) is 0 Å². The van der Waals surface area contributed by atoms with Crippen LogP contribution in [-0.2, 0) is 14.3 Å². The van der Waals surface area contributed by atoms with Crippen molar-refractivity contribution in [2.24, 2.45) is 5.41 Å². The Kier molecular flexibility index (Phi) is 6.49. The first-order valence-electron chi connectivity index (χ1n) is 8.73. The van der Waals surface area contributed by atoms with E-state index in [1.165, 1.54) is 32.1 Å². The summed E-state index contributed by atoms with van der Waals surface area (Å²) in [5.41, 5.74) is 0.373. The second-order valence-corrected chi connectivity index (χ2v) is 6.39. The number of hydrogen-bond donors (Lipinski definition) is 1. The van der Waals surface area contributed by atoms with E-state index < -0.39 is 0 Å². The van der Waals surface area contributed by atoms with E-state index in [4.69, 9.17) is 9.47 Å². The predicted octanol–water partition coefficient (Wildman–Crippen LogP) is 3.05. The topological polar surface area (TPSA) is 47.6 Å². The van der Waals surface area contributed by atoms with Gasteiger partial charge in [-0.15, -0.1) is 0 Å². The Labute approximate surface area is 129 Å². The predicted molar refractivity (Wildman–Crippen MR) is 83.2 cm³/mol. The number of rotatable bonds is 8. The Morgan fingerprint density at radius 2 is 1.95 bits per heavy atom. The summed E-state index contributed by atoms with van der Waals surface area (Å²) in [6.07, 6.45) is 9.62. The van der Waals surface area contributed by atoms with E-state index in [0.717, 1.165) is 26.0 Å². The number of carbonyl (C=O) groups is 1. The van der Waals surface area contributed by atoms with Gasteiger partial charge in [0, 0.05) is 24.5 Å². The minimum absolute atomic E-state index is 0.0764.